The molecule has 0 aliphatic heterocycles. The van der Waals surface area contributed by atoms with Crippen LogP contribution >= 0.6 is 0 Å². The highest BCUT2D eigenvalue weighted by Gasteiger charge is 2.13. The van der Waals surface area contributed by atoms with E-state index in [0.717, 1.165) is 5.56 Å². The maximum absolute atomic E-state index is 11.8. The van der Waals surface area contributed by atoms with Crippen LogP contribution in [0.25, 0.3) is 0 Å². The van der Waals surface area contributed by atoms with Crippen LogP contribution < -0.4 is 4.72 Å². The van der Waals surface area contributed by atoms with Crippen LogP contribution in [-0.4, -0.2) is 13.5 Å². The van der Waals surface area contributed by atoms with Gasteiger partial charge in [0, 0.05) is 12.1 Å². The van der Waals surface area contributed by atoms with E-state index in [4.69, 9.17) is 9.52 Å². The van der Waals surface area contributed by atoms with E-state index < -0.39 is 10.0 Å². The summed E-state index contributed by atoms with van der Waals surface area (Å²) in [5, 5.41) is 9.07. The molecule has 2 rings (SSSR count). The molecule has 0 amide bonds. The molecule has 0 spiro atoms. The predicted molar refractivity (Wildman–Crippen MR) is 60.8 cm³/mol. The summed E-state index contributed by atoms with van der Waals surface area (Å²) < 4.78 is 30.9. The van der Waals surface area contributed by atoms with Crippen molar-refractivity contribution in [3.63, 3.8) is 0 Å². The van der Waals surface area contributed by atoms with E-state index in [2.05, 4.69) is 4.72 Å². The van der Waals surface area contributed by atoms with E-state index in [1.807, 2.05) is 0 Å². The first-order chi connectivity index (χ1) is 8.08. The Kier molecular flexibility index (Phi) is 3.16. The second-order valence-corrected chi connectivity index (χ2v) is 5.22. The lowest BCUT2D eigenvalue weighted by molar-refractivity contribution is 0.474. The van der Waals surface area contributed by atoms with E-state index in [0.29, 0.717) is 0 Å². The molecule has 0 unspecified atom stereocenters. The van der Waals surface area contributed by atoms with E-state index in [1.54, 1.807) is 6.07 Å². The van der Waals surface area contributed by atoms with Gasteiger partial charge in [-0.25, -0.2) is 13.1 Å². The van der Waals surface area contributed by atoms with Crippen molar-refractivity contribution in [2.45, 2.75) is 11.4 Å². The fraction of sp³-hybridized carbons (Fsp3) is 0.0909. The maximum atomic E-state index is 11.8. The molecular weight excluding hydrogens is 242 g/mol. The first-order valence-electron chi connectivity index (χ1n) is 4.88. The molecule has 0 bridgehead atoms. The van der Waals surface area contributed by atoms with E-state index >= 15 is 0 Å². The Morgan fingerprint density at radius 3 is 2.47 bits per heavy atom. The van der Waals surface area contributed by atoms with Crippen LogP contribution in [0, 0.1) is 0 Å². The zero-order valence-corrected chi connectivity index (χ0v) is 9.65. The van der Waals surface area contributed by atoms with Gasteiger partial charge in [-0.15, -0.1) is 0 Å². The summed E-state index contributed by atoms with van der Waals surface area (Å²) in [7, 11) is -3.56. The van der Waals surface area contributed by atoms with Gasteiger partial charge in [-0.2, -0.15) is 0 Å². The second-order valence-electron chi connectivity index (χ2n) is 3.45. The number of rotatable bonds is 4. The molecular formula is C11H11NO4S. The Balaban J connectivity index is 2.11. The van der Waals surface area contributed by atoms with Crippen LogP contribution in [-0.2, 0) is 16.6 Å². The summed E-state index contributed by atoms with van der Waals surface area (Å²) in [4.78, 5) is 0.110. The molecule has 1 heterocycles. The summed E-state index contributed by atoms with van der Waals surface area (Å²) >= 11 is 0. The highest BCUT2D eigenvalue weighted by Crippen LogP contribution is 2.14. The Bertz CT molecular complexity index is 572. The van der Waals surface area contributed by atoms with Crippen molar-refractivity contribution in [2.24, 2.45) is 0 Å². The fourth-order valence-corrected chi connectivity index (χ4v) is 2.30. The van der Waals surface area contributed by atoms with Crippen LogP contribution in [0.2, 0.25) is 0 Å². The van der Waals surface area contributed by atoms with Crippen molar-refractivity contribution >= 4 is 10.0 Å². The highest BCUT2D eigenvalue weighted by atomic mass is 32.2. The molecule has 0 aliphatic carbocycles. The van der Waals surface area contributed by atoms with Crippen molar-refractivity contribution < 1.29 is 17.9 Å². The first kappa shape index (κ1) is 11.7. The van der Waals surface area contributed by atoms with Crippen LogP contribution in [0.5, 0.6) is 5.75 Å². The normalized spacial score (nSPS) is 11.5. The Morgan fingerprint density at radius 1 is 1.18 bits per heavy atom. The summed E-state index contributed by atoms with van der Waals surface area (Å²) in [6, 6.07) is 7.01. The van der Waals surface area contributed by atoms with Gasteiger partial charge in [-0.3, -0.25) is 0 Å². The standard InChI is InChI=1S/C11H11NO4S/c13-10-1-3-11(4-2-10)17(14,15)12-7-9-5-6-16-8-9/h1-6,8,12-13H,7H2. The highest BCUT2D eigenvalue weighted by molar-refractivity contribution is 7.89. The van der Waals surface area contributed by atoms with Crippen molar-refractivity contribution in [2.75, 3.05) is 0 Å². The minimum atomic E-state index is -3.56. The van der Waals surface area contributed by atoms with Crippen LogP contribution in [0.15, 0.2) is 52.2 Å². The summed E-state index contributed by atoms with van der Waals surface area (Å²) in [6.07, 6.45) is 2.95. The molecule has 1 aromatic heterocycles. The van der Waals surface area contributed by atoms with Gasteiger partial charge in [-0.1, -0.05) is 0 Å². The van der Waals surface area contributed by atoms with Crippen molar-refractivity contribution in [3.8, 4) is 5.75 Å². The average molecular weight is 253 g/mol. The molecule has 1 aromatic carbocycles. The molecule has 5 nitrogen and oxygen atoms in total. The van der Waals surface area contributed by atoms with Crippen molar-refractivity contribution in [1.82, 2.24) is 4.72 Å². The Morgan fingerprint density at radius 2 is 1.88 bits per heavy atom. The topological polar surface area (TPSA) is 79.5 Å². The molecule has 17 heavy (non-hydrogen) atoms. The minimum absolute atomic E-state index is 0.0267. The second kappa shape index (κ2) is 4.60. The summed E-state index contributed by atoms with van der Waals surface area (Å²) in [5.74, 6) is 0.0267. The van der Waals surface area contributed by atoms with E-state index in [-0.39, 0.29) is 17.2 Å². The molecule has 0 saturated carbocycles. The molecule has 6 heteroatoms. The van der Waals surface area contributed by atoms with Gasteiger partial charge in [0.1, 0.15) is 5.75 Å². The largest absolute Gasteiger partial charge is 0.508 e. The number of benzene rings is 1. The van der Waals surface area contributed by atoms with Gasteiger partial charge in [-0.05, 0) is 30.3 Å². The van der Waals surface area contributed by atoms with Crippen LogP contribution in [0.4, 0.5) is 0 Å². The smallest absolute Gasteiger partial charge is 0.240 e. The summed E-state index contributed by atoms with van der Waals surface area (Å²) in [6.45, 7) is 0.166. The monoisotopic (exact) mass is 253 g/mol. The lowest BCUT2D eigenvalue weighted by atomic mass is 10.3. The summed E-state index contributed by atoms with van der Waals surface area (Å²) in [5.41, 5.74) is 0.743. The lowest BCUT2D eigenvalue weighted by Crippen LogP contribution is -2.22. The average Bonchev–Trinajstić information content (AvgIpc) is 2.80. The van der Waals surface area contributed by atoms with Crippen LogP contribution in [0.3, 0.4) is 0 Å². The number of aromatic hydroxyl groups is 1. The number of furan rings is 1. The lowest BCUT2D eigenvalue weighted by Gasteiger charge is -2.05. The number of phenols is 1. The zero-order chi connectivity index (χ0) is 12.3. The molecule has 90 valence electrons. The first-order valence-corrected chi connectivity index (χ1v) is 6.36. The third-order valence-corrected chi connectivity index (χ3v) is 3.61. The van der Waals surface area contributed by atoms with Gasteiger partial charge in [0.15, 0.2) is 0 Å². The molecule has 2 aromatic rings. The quantitative estimate of drug-likeness (QED) is 0.864. The van der Waals surface area contributed by atoms with Gasteiger partial charge in [0.2, 0.25) is 10.0 Å². The minimum Gasteiger partial charge on any atom is -0.508 e. The zero-order valence-electron chi connectivity index (χ0n) is 8.83. The Labute approximate surface area is 98.8 Å². The predicted octanol–water partition coefficient (Wildman–Crippen LogP) is 1.46. The SMILES string of the molecule is O=S(=O)(NCc1ccoc1)c1ccc(O)cc1. The van der Waals surface area contributed by atoms with Gasteiger partial charge in [0.05, 0.1) is 17.4 Å². The molecule has 0 radical (unpaired) electrons. The number of nitrogens with one attached hydrogen (secondary N) is 1. The van der Waals surface area contributed by atoms with Crippen molar-refractivity contribution in [3.05, 3.63) is 48.4 Å². The van der Waals surface area contributed by atoms with Crippen LogP contribution in [0.1, 0.15) is 5.56 Å². The fourth-order valence-electron chi connectivity index (χ4n) is 1.28. The number of phenolic OH excluding ortho intramolecular Hbond substituents is 1. The molecule has 0 atom stereocenters. The third-order valence-electron chi connectivity index (χ3n) is 2.19. The van der Waals surface area contributed by atoms with Gasteiger partial charge in [0.25, 0.3) is 0 Å². The molecule has 0 aliphatic rings. The number of hydrogen-bond donors (Lipinski definition) is 2. The van der Waals surface area contributed by atoms with Crippen molar-refractivity contribution in [1.29, 1.82) is 0 Å². The molecule has 0 saturated heterocycles. The number of sulfonamides is 1. The number of hydrogen-bond acceptors (Lipinski definition) is 4. The van der Waals surface area contributed by atoms with Gasteiger partial charge >= 0.3 is 0 Å². The third kappa shape index (κ3) is 2.86. The van der Waals surface area contributed by atoms with E-state index in [9.17, 15) is 8.42 Å². The van der Waals surface area contributed by atoms with E-state index in [1.165, 1.54) is 36.8 Å². The Hall–Kier alpha value is -1.79. The molecule has 2 N–H and O–H groups in total. The van der Waals surface area contributed by atoms with Gasteiger partial charge < -0.3 is 9.52 Å². The maximum Gasteiger partial charge on any atom is 0.240 e. The molecule has 0 fully saturated rings.